The molecule has 4 aliphatic heterocycles. The zero-order valence-corrected chi connectivity index (χ0v) is 70.4. The van der Waals surface area contributed by atoms with E-state index < -0.39 is 30.4 Å². The Morgan fingerprint density at radius 1 is 0.551 bits per heavy atom. The lowest BCUT2D eigenvalue weighted by Crippen LogP contribution is -2.43. The Bertz CT molecular complexity index is 2030. The standard InChI is InChI=1S/C9H17NO3.2C8H17NO2.C8H16O.3C7H15NO2.C7H14O.C6H13NO2.C5H11NO2.C5H10O3/c1-8(2-5-11)9(12)10-3-6-13-7-4-10;1-7(5-6-11-4)8(10)9(2)3;1-4-7(2)9(3)5-8(11)6-10;1-2-5-8-6-3-4-7-9-8;3*1-6(4-5-9)7(10)8(2)3;1-2-7-5-3-4-6-8-7;1-2-4-6(9)5(8)3-7-4;1-4(2-3-7)5(6)8;1-2-3-4(6)5(7)8/h8,11H,2-7H2,1H3;7H,5-6H2,1-4H3;8,10-11H,2,4-6H2,1,3H3;8H,2-7H2,1H3;3*6,9H,4-5H2,1-3H3;7H,2-6H2,1H3;4-9H,2-3H2,1H3;4,7H,2-3H2,1H3,(H2,6,8);4,6H,2-3H2,1H3,(H,7,8)/t;;8-;;2*6-;;;4-,5+,6-;;4-/m..1.10..1.0/s1. The number of carboxylic acid groups (broad SMARTS) is 1. The fourth-order valence-corrected chi connectivity index (χ4v) is 9.70. The molecule has 0 aromatic heterocycles. The minimum atomic E-state index is -1.17. The number of aliphatic hydroxyl groups is 10. The highest BCUT2D eigenvalue weighted by molar-refractivity contribution is 5.80. The molecule has 30 heteroatoms. The van der Waals surface area contributed by atoms with E-state index in [1.54, 1.807) is 90.0 Å². The number of carbonyl (C=O) groups excluding carboxylic acids is 6. The van der Waals surface area contributed by atoms with Gasteiger partial charge in [-0.1, -0.05) is 95.6 Å². The van der Waals surface area contributed by atoms with Gasteiger partial charge in [-0.2, -0.15) is 0 Å². The third-order valence-electron chi connectivity index (χ3n) is 17.2. The number of allylic oxidation sites excluding steroid dienone is 1. The predicted octanol–water partition coefficient (Wildman–Crippen LogP) is 4.22. The van der Waals surface area contributed by atoms with Crippen molar-refractivity contribution in [3.05, 3.63) is 12.3 Å². The van der Waals surface area contributed by atoms with Gasteiger partial charge in [-0.3, -0.25) is 28.8 Å². The number of nitrogens with one attached hydrogen (secondary N) is 1. The van der Waals surface area contributed by atoms with Crippen LogP contribution in [0.5, 0.6) is 0 Å². The number of ether oxygens (including phenoxy) is 4. The number of hydrogen-bond acceptors (Lipinski definition) is 23. The maximum atomic E-state index is 11.6. The van der Waals surface area contributed by atoms with E-state index in [2.05, 4.69) is 25.7 Å². The monoisotopic (exact) mass is 1550 g/mol. The number of carbonyl (C=O) groups is 7. The summed E-state index contributed by atoms with van der Waals surface area (Å²) in [7, 11) is 17.3. The Kier molecular flexibility index (Phi) is 82.7. The smallest absolute Gasteiger partial charge is 0.332 e. The molecular formula is C77H160N8O22. The minimum Gasteiger partial charge on any atom is -0.479 e. The molecule has 6 amide bonds. The Morgan fingerprint density at radius 2 is 0.944 bits per heavy atom. The van der Waals surface area contributed by atoms with Crippen molar-refractivity contribution in [3.8, 4) is 0 Å². The van der Waals surface area contributed by atoms with Crippen LogP contribution in [0.2, 0.25) is 0 Å². The molecule has 13 atom stereocenters. The molecule has 30 nitrogen and oxygen atoms in total. The van der Waals surface area contributed by atoms with Crippen LogP contribution in [0.15, 0.2) is 12.3 Å². The third kappa shape index (κ3) is 67.8. The molecule has 0 saturated carbocycles. The predicted molar refractivity (Wildman–Crippen MR) is 422 cm³/mol. The molecule has 4 saturated heterocycles. The number of aliphatic carboxylic acids is 1. The van der Waals surface area contributed by atoms with Crippen LogP contribution in [0.3, 0.4) is 0 Å². The lowest BCUT2D eigenvalue weighted by Gasteiger charge is -2.29. The zero-order valence-electron chi connectivity index (χ0n) is 70.4. The number of aliphatic hydroxyl groups excluding tert-OH is 10. The second kappa shape index (κ2) is 76.6. The molecule has 0 radical (unpaired) electrons. The number of primary amides is 1. The molecule has 0 aromatic carbocycles. The van der Waals surface area contributed by atoms with Crippen LogP contribution in [-0.2, 0) is 52.5 Å². The number of nitrogens with two attached hydrogens (primary N) is 1. The normalized spacial score (nSPS) is 18.9. The average molecular weight is 1550 g/mol. The van der Waals surface area contributed by atoms with E-state index in [1.807, 2.05) is 72.2 Å². The van der Waals surface area contributed by atoms with Crippen LogP contribution in [-0.4, -0.2) is 339 Å². The number of likely N-dealkylation sites (N-methyl/N-ethyl adjacent to an activating group) is 1. The number of hydrogen-bond donors (Lipinski definition) is 13. The molecule has 6 unspecified atom stereocenters. The van der Waals surface area contributed by atoms with E-state index in [0.29, 0.717) is 103 Å². The highest BCUT2D eigenvalue weighted by Crippen LogP contribution is 2.17. The van der Waals surface area contributed by atoms with E-state index in [9.17, 15) is 33.6 Å². The first kappa shape index (κ1) is 116. The molecule has 14 N–H and O–H groups in total. The van der Waals surface area contributed by atoms with E-state index in [-0.39, 0.29) is 117 Å². The molecular weight excluding hydrogens is 1390 g/mol. The Labute approximate surface area is 646 Å². The number of nitrogens with zero attached hydrogens (tertiary/aromatic N) is 6. The number of carboxylic acids is 1. The summed E-state index contributed by atoms with van der Waals surface area (Å²) in [5.74, 6) is -1.30. The summed E-state index contributed by atoms with van der Waals surface area (Å²) in [5, 5.41) is 97.8. The van der Waals surface area contributed by atoms with Crippen molar-refractivity contribution < 1.29 is 109 Å². The first-order valence-corrected chi connectivity index (χ1v) is 38.7. The SMILES string of the molecule is C=C(CC)N(C)C[C@@H](O)CO.CC(CCO)C(=O)N(C)C.CC(CCO)C(=O)N1CCOCC1.CC(CCO)C(N)=O.CCC1CCCCO1.CCCC1CCCCO1.CCC[C@H](O)C(=O)O.CC[C@H]1NC[C@H](O)[C@@H]1O.COCCC(C)C(=O)N(C)C.C[C@@H](CCO)C(=O)N(C)C.C[C@H](CCO)C(=O)N(C)C. The quantitative estimate of drug-likeness (QED) is 0.0462. The molecule has 640 valence electrons. The molecule has 0 aromatic rings. The lowest BCUT2D eigenvalue weighted by atomic mass is 10.1. The van der Waals surface area contributed by atoms with Crippen LogP contribution in [0.25, 0.3) is 0 Å². The minimum absolute atomic E-state index is 0.0319. The average Bonchev–Trinajstić information content (AvgIpc) is 1.77. The van der Waals surface area contributed by atoms with Crippen molar-refractivity contribution in [1.29, 1.82) is 0 Å². The maximum Gasteiger partial charge on any atom is 0.332 e. The molecule has 0 aliphatic carbocycles. The topological polar surface area (TPSA) is 436 Å². The van der Waals surface area contributed by atoms with Gasteiger partial charge in [-0.05, 0) is 109 Å². The highest BCUT2D eigenvalue weighted by Gasteiger charge is 2.31. The van der Waals surface area contributed by atoms with Crippen molar-refractivity contribution in [2.45, 2.75) is 241 Å². The molecule has 4 rings (SSSR count). The number of rotatable bonds is 31. The van der Waals surface area contributed by atoms with Gasteiger partial charge < -0.3 is 116 Å². The molecule has 107 heavy (non-hydrogen) atoms. The summed E-state index contributed by atoms with van der Waals surface area (Å²) >= 11 is 0. The maximum absolute atomic E-state index is 11.6. The second-order valence-corrected chi connectivity index (χ2v) is 28.0. The van der Waals surface area contributed by atoms with Crippen molar-refractivity contribution in [3.63, 3.8) is 0 Å². The number of β-amino-alcohol motifs (C(OH)–C–C–N with tert-alkyl or cyclic N) is 1. The van der Waals surface area contributed by atoms with Crippen molar-refractivity contribution in [2.24, 2.45) is 41.2 Å². The van der Waals surface area contributed by atoms with E-state index in [4.69, 9.17) is 80.9 Å². The summed E-state index contributed by atoms with van der Waals surface area (Å²) in [4.78, 5) is 85.9. The van der Waals surface area contributed by atoms with Crippen LogP contribution >= 0.6 is 0 Å². The van der Waals surface area contributed by atoms with Gasteiger partial charge in [0.25, 0.3) is 0 Å². The van der Waals surface area contributed by atoms with Crippen LogP contribution in [0.1, 0.15) is 198 Å². The largest absolute Gasteiger partial charge is 0.479 e. The number of amides is 6. The second-order valence-electron chi connectivity index (χ2n) is 28.0. The van der Waals surface area contributed by atoms with Crippen LogP contribution < -0.4 is 11.1 Å². The zero-order chi connectivity index (χ0) is 84.2. The van der Waals surface area contributed by atoms with Crippen molar-refractivity contribution in [1.82, 2.24) is 34.7 Å². The molecule has 0 bridgehead atoms. The Hall–Kier alpha value is -4.77. The van der Waals surface area contributed by atoms with Gasteiger partial charge in [-0.25, -0.2) is 4.79 Å². The van der Waals surface area contributed by atoms with Gasteiger partial charge in [0.2, 0.25) is 35.4 Å². The van der Waals surface area contributed by atoms with Crippen molar-refractivity contribution in [2.75, 3.05) is 169 Å². The summed E-state index contributed by atoms with van der Waals surface area (Å²) in [6.07, 6.45) is 16.1. The van der Waals surface area contributed by atoms with Crippen molar-refractivity contribution >= 4 is 41.4 Å². The summed E-state index contributed by atoms with van der Waals surface area (Å²) in [6, 6.07) is 0.0972. The lowest BCUT2D eigenvalue weighted by molar-refractivity contribution is -0.147. The first-order valence-electron chi connectivity index (χ1n) is 38.7. The van der Waals surface area contributed by atoms with E-state index >= 15 is 0 Å². The van der Waals surface area contributed by atoms with Gasteiger partial charge in [-0.15, -0.1) is 0 Å². The first-order chi connectivity index (χ1) is 50.2. The van der Waals surface area contributed by atoms with Crippen LogP contribution in [0.4, 0.5) is 0 Å². The Balaban J connectivity index is -0.000000206. The van der Waals surface area contributed by atoms with Gasteiger partial charge in [0.1, 0.15) is 0 Å². The fourth-order valence-electron chi connectivity index (χ4n) is 9.70. The van der Waals surface area contributed by atoms with E-state index in [1.165, 1.54) is 57.8 Å². The molecule has 0 spiro atoms. The fraction of sp³-hybridized carbons (Fsp3) is 0.883. The number of methoxy groups -OCH3 is 1. The Morgan fingerprint density at radius 3 is 1.20 bits per heavy atom. The van der Waals surface area contributed by atoms with Gasteiger partial charge in [0, 0.05) is 197 Å². The highest BCUT2D eigenvalue weighted by atomic mass is 16.5. The molecule has 4 aliphatic rings. The third-order valence-corrected chi connectivity index (χ3v) is 17.2. The van der Waals surface area contributed by atoms with Crippen LogP contribution in [0, 0.1) is 35.5 Å². The van der Waals surface area contributed by atoms with Gasteiger partial charge >= 0.3 is 5.97 Å². The van der Waals surface area contributed by atoms with E-state index in [0.717, 1.165) is 38.2 Å². The van der Waals surface area contributed by atoms with Gasteiger partial charge in [0.15, 0.2) is 6.10 Å². The summed E-state index contributed by atoms with van der Waals surface area (Å²) in [5.41, 5.74) is 5.84. The number of morpholine rings is 1. The molecule has 4 fully saturated rings. The summed E-state index contributed by atoms with van der Waals surface area (Å²) < 4.78 is 21.0. The molecule has 4 heterocycles. The summed E-state index contributed by atoms with van der Waals surface area (Å²) in [6.45, 7) is 31.4. The van der Waals surface area contributed by atoms with Gasteiger partial charge in [0.05, 0.1) is 50.3 Å².